The highest BCUT2D eigenvalue weighted by Crippen LogP contribution is 2.54. The maximum absolute atomic E-state index is 11.7. The normalized spacial score (nSPS) is 27.9. The van der Waals surface area contributed by atoms with Crippen molar-refractivity contribution in [3.63, 3.8) is 0 Å². The number of phosphoric acid groups is 1. The molecule has 1 aromatic carbocycles. The first-order valence-corrected chi connectivity index (χ1v) is 7.09. The average Bonchev–Trinajstić information content (AvgIpc) is 2.75. The molecule has 7 heteroatoms. The molecule has 5 nitrogen and oxygen atoms in total. The quantitative estimate of drug-likeness (QED) is 0.476. The van der Waals surface area contributed by atoms with E-state index in [1.54, 1.807) is 12.1 Å². The number of hydrogen-bond acceptors (Lipinski definition) is 5. The Morgan fingerprint density at radius 2 is 2.18 bits per heavy atom. The highest BCUT2D eigenvalue weighted by molar-refractivity contribution is 7.67. The van der Waals surface area contributed by atoms with Crippen molar-refractivity contribution in [2.75, 3.05) is 13.7 Å². The lowest BCUT2D eigenvalue weighted by molar-refractivity contribution is 0.220. The second-order valence-corrected chi connectivity index (χ2v) is 5.67. The zero-order valence-electron chi connectivity index (χ0n) is 9.07. The Bertz CT molecular complexity index is 497. The van der Waals surface area contributed by atoms with Crippen LogP contribution < -0.4 is 0 Å². The van der Waals surface area contributed by atoms with Gasteiger partial charge in [-0.1, -0.05) is 30.3 Å². The minimum Gasteiger partial charge on any atom is -0.290 e. The largest absolute Gasteiger partial charge is 0.475 e. The third-order valence-corrected chi connectivity index (χ3v) is 4.41. The van der Waals surface area contributed by atoms with E-state index >= 15 is 0 Å². The number of rotatable bonds is 3. The fraction of sp³-hybridized carbons (Fsp3) is 0.300. The summed E-state index contributed by atoms with van der Waals surface area (Å²) in [4.78, 5) is 0.445. The first kappa shape index (κ1) is 12.7. The van der Waals surface area contributed by atoms with Crippen molar-refractivity contribution in [3.05, 3.63) is 35.9 Å². The summed E-state index contributed by atoms with van der Waals surface area (Å²) in [6.07, 6.45) is -0.634. The molecule has 0 bridgehead atoms. The van der Waals surface area contributed by atoms with Crippen LogP contribution >= 0.6 is 7.82 Å². The van der Waals surface area contributed by atoms with E-state index in [1.165, 1.54) is 7.11 Å². The molecule has 1 saturated heterocycles. The van der Waals surface area contributed by atoms with E-state index in [1.807, 2.05) is 18.2 Å². The van der Waals surface area contributed by atoms with Crippen molar-refractivity contribution in [1.29, 1.82) is 0 Å². The lowest BCUT2D eigenvalue weighted by Crippen LogP contribution is -2.23. The fourth-order valence-electron chi connectivity index (χ4n) is 1.49. The summed E-state index contributed by atoms with van der Waals surface area (Å²) in [5.41, 5.74) is 0.741. The molecule has 0 spiro atoms. The summed E-state index contributed by atoms with van der Waals surface area (Å²) in [7, 11) is -2.22. The van der Waals surface area contributed by atoms with E-state index in [2.05, 4.69) is 4.52 Å². The SMILES string of the molecule is COP1(=O)OCC(C(=S=O)c2ccccc2)O1. The molecule has 92 valence electrons. The Labute approximate surface area is 102 Å². The van der Waals surface area contributed by atoms with E-state index in [0.717, 1.165) is 5.56 Å². The first-order chi connectivity index (χ1) is 8.18. The molecule has 2 unspecified atom stereocenters. The summed E-state index contributed by atoms with van der Waals surface area (Å²) in [6, 6.07) is 9.07. The lowest BCUT2D eigenvalue weighted by atomic mass is 10.1. The Kier molecular flexibility index (Phi) is 3.91. The number of hydrogen-bond donors (Lipinski definition) is 0. The second-order valence-electron chi connectivity index (χ2n) is 3.33. The van der Waals surface area contributed by atoms with Crippen LogP contribution in [0.4, 0.5) is 0 Å². The van der Waals surface area contributed by atoms with Crippen molar-refractivity contribution in [2.45, 2.75) is 6.10 Å². The number of benzene rings is 1. The molecule has 1 heterocycles. The van der Waals surface area contributed by atoms with Crippen LogP contribution in [0.25, 0.3) is 0 Å². The first-order valence-electron chi connectivity index (χ1n) is 4.89. The predicted octanol–water partition coefficient (Wildman–Crippen LogP) is 1.59. The van der Waals surface area contributed by atoms with Gasteiger partial charge in [0, 0.05) is 7.11 Å². The molecule has 1 fully saturated rings. The van der Waals surface area contributed by atoms with Crippen LogP contribution in [-0.2, 0) is 29.4 Å². The topological polar surface area (TPSA) is 61.8 Å². The van der Waals surface area contributed by atoms with Crippen molar-refractivity contribution in [1.82, 2.24) is 0 Å². The molecule has 2 atom stereocenters. The molecule has 0 saturated carbocycles. The van der Waals surface area contributed by atoms with Crippen LogP contribution in [0.15, 0.2) is 30.3 Å². The predicted molar refractivity (Wildman–Crippen MR) is 64.1 cm³/mol. The Balaban J connectivity index is 2.24. The van der Waals surface area contributed by atoms with E-state index in [-0.39, 0.29) is 6.61 Å². The van der Waals surface area contributed by atoms with E-state index in [4.69, 9.17) is 9.05 Å². The molecule has 0 aliphatic carbocycles. The van der Waals surface area contributed by atoms with Crippen LogP contribution in [0, 0.1) is 0 Å². The molecule has 17 heavy (non-hydrogen) atoms. The van der Waals surface area contributed by atoms with Crippen LogP contribution in [0.5, 0.6) is 0 Å². The monoisotopic (exact) mass is 274 g/mol. The van der Waals surface area contributed by atoms with Crippen LogP contribution in [0.1, 0.15) is 5.56 Å². The summed E-state index contributed by atoms with van der Waals surface area (Å²) in [5, 5.41) is 0. The summed E-state index contributed by atoms with van der Waals surface area (Å²) in [6.45, 7) is 0.0601. The molecule has 1 aromatic rings. The van der Waals surface area contributed by atoms with Crippen LogP contribution in [0.3, 0.4) is 0 Å². The highest BCUT2D eigenvalue weighted by Gasteiger charge is 2.40. The van der Waals surface area contributed by atoms with Crippen LogP contribution in [-0.4, -0.2) is 28.9 Å². The van der Waals surface area contributed by atoms with Gasteiger partial charge < -0.3 is 0 Å². The van der Waals surface area contributed by atoms with Gasteiger partial charge in [0.05, 0.1) is 22.7 Å². The van der Waals surface area contributed by atoms with E-state index < -0.39 is 13.9 Å². The minimum absolute atomic E-state index is 0.0601. The summed E-state index contributed by atoms with van der Waals surface area (Å²) in [5.74, 6) is 0. The lowest BCUT2D eigenvalue weighted by Gasteiger charge is -2.09. The van der Waals surface area contributed by atoms with Crippen molar-refractivity contribution in [2.24, 2.45) is 0 Å². The molecule has 1 aliphatic heterocycles. The molecule has 0 amide bonds. The maximum Gasteiger partial charge on any atom is 0.475 e. The van der Waals surface area contributed by atoms with Crippen molar-refractivity contribution in [3.8, 4) is 0 Å². The maximum atomic E-state index is 11.7. The van der Waals surface area contributed by atoms with E-state index in [0.29, 0.717) is 16.1 Å². The van der Waals surface area contributed by atoms with Gasteiger partial charge in [-0.3, -0.25) is 13.6 Å². The highest BCUT2D eigenvalue weighted by atomic mass is 32.1. The molecule has 0 aromatic heterocycles. The Morgan fingerprint density at radius 1 is 1.47 bits per heavy atom. The molecular weight excluding hydrogens is 263 g/mol. The van der Waals surface area contributed by atoms with Gasteiger partial charge in [-0.25, -0.2) is 8.77 Å². The Hall–Kier alpha value is -0.780. The summed E-state index contributed by atoms with van der Waals surface area (Å²) >= 11 is 0.317. The van der Waals surface area contributed by atoms with Gasteiger partial charge in [-0.05, 0) is 5.56 Å². The van der Waals surface area contributed by atoms with Gasteiger partial charge in [0.15, 0.2) is 0 Å². The van der Waals surface area contributed by atoms with Crippen molar-refractivity contribution >= 4 is 23.9 Å². The van der Waals surface area contributed by atoms with Crippen LogP contribution in [0.2, 0.25) is 0 Å². The molecule has 0 N–H and O–H groups in total. The molecule has 2 rings (SSSR count). The average molecular weight is 274 g/mol. The van der Waals surface area contributed by atoms with Gasteiger partial charge in [0.25, 0.3) is 0 Å². The standard InChI is InChI=1S/C10H11O5PS/c1-13-16(11)14-7-9(15-16)10(17-12)8-5-3-2-4-6-8/h2-6,9H,7H2,1H3. The van der Waals surface area contributed by atoms with Gasteiger partial charge in [-0.2, -0.15) is 0 Å². The zero-order valence-corrected chi connectivity index (χ0v) is 10.8. The minimum atomic E-state index is -3.47. The van der Waals surface area contributed by atoms with Crippen molar-refractivity contribution < 1.29 is 22.3 Å². The second kappa shape index (κ2) is 5.25. The summed E-state index contributed by atoms with van der Waals surface area (Å²) < 4.78 is 37.5. The van der Waals surface area contributed by atoms with E-state index in [9.17, 15) is 8.77 Å². The third kappa shape index (κ3) is 2.73. The van der Waals surface area contributed by atoms with Gasteiger partial charge >= 0.3 is 7.82 Å². The van der Waals surface area contributed by atoms with Gasteiger partial charge in [0.1, 0.15) is 6.10 Å². The molecule has 0 radical (unpaired) electrons. The third-order valence-electron chi connectivity index (χ3n) is 2.30. The molecular formula is C10H11O5PS. The smallest absolute Gasteiger partial charge is 0.290 e. The molecule has 1 aliphatic rings. The Morgan fingerprint density at radius 3 is 2.71 bits per heavy atom. The van der Waals surface area contributed by atoms with Gasteiger partial charge in [0.2, 0.25) is 0 Å². The van der Waals surface area contributed by atoms with Gasteiger partial charge in [-0.15, -0.1) is 0 Å². The fourth-order valence-corrected chi connectivity index (χ4v) is 3.06. The number of phosphoric ester groups is 1. The zero-order chi connectivity index (χ0) is 12.3.